The standard InChI is InChI=1S/C14H6F4/c15-10-2-1-7-5-11-9(3-8(7)4-10)6-12(16)14(18)13(11)17/h1-6H. The van der Waals surface area contributed by atoms with Crippen molar-refractivity contribution in [2.45, 2.75) is 0 Å². The molecular weight excluding hydrogens is 244 g/mol. The quantitative estimate of drug-likeness (QED) is 0.312. The number of fused-ring (bicyclic) bond motifs is 2. The fraction of sp³-hybridized carbons (Fsp3) is 0. The van der Waals surface area contributed by atoms with Crippen LogP contribution in [-0.4, -0.2) is 0 Å². The highest BCUT2D eigenvalue weighted by Crippen LogP contribution is 2.28. The van der Waals surface area contributed by atoms with Gasteiger partial charge in [-0.2, -0.15) is 0 Å². The lowest BCUT2D eigenvalue weighted by Crippen LogP contribution is -1.92. The molecule has 0 aliphatic rings. The van der Waals surface area contributed by atoms with E-state index in [1.54, 1.807) is 0 Å². The van der Waals surface area contributed by atoms with E-state index < -0.39 is 23.3 Å². The van der Waals surface area contributed by atoms with Crippen molar-refractivity contribution in [1.82, 2.24) is 0 Å². The molecular formula is C14H6F4. The van der Waals surface area contributed by atoms with Gasteiger partial charge in [0.2, 0.25) is 0 Å². The normalized spacial score (nSPS) is 11.3. The third kappa shape index (κ3) is 1.53. The van der Waals surface area contributed by atoms with Gasteiger partial charge in [0.15, 0.2) is 17.5 Å². The van der Waals surface area contributed by atoms with Gasteiger partial charge < -0.3 is 0 Å². The molecule has 0 atom stereocenters. The van der Waals surface area contributed by atoms with Crippen molar-refractivity contribution in [2.24, 2.45) is 0 Å². The van der Waals surface area contributed by atoms with Gasteiger partial charge in [0.25, 0.3) is 0 Å². The van der Waals surface area contributed by atoms with Crippen LogP contribution in [0.15, 0.2) is 36.4 Å². The first-order chi connectivity index (χ1) is 8.56. The van der Waals surface area contributed by atoms with Crippen LogP contribution in [0.25, 0.3) is 21.5 Å². The molecule has 0 saturated heterocycles. The monoisotopic (exact) mass is 250 g/mol. The number of hydrogen-bond acceptors (Lipinski definition) is 0. The SMILES string of the molecule is Fc1ccc2cc3c(F)c(F)c(F)cc3cc2c1. The molecule has 0 unspecified atom stereocenters. The number of benzene rings is 3. The first-order valence-electron chi connectivity index (χ1n) is 5.23. The number of hydrogen-bond donors (Lipinski definition) is 0. The highest BCUT2D eigenvalue weighted by Gasteiger charge is 2.14. The van der Waals surface area contributed by atoms with Gasteiger partial charge in [-0.1, -0.05) is 6.07 Å². The summed E-state index contributed by atoms with van der Waals surface area (Å²) >= 11 is 0. The van der Waals surface area contributed by atoms with Gasteiger partial charge in [0, 0.05) is 5.39 Å². The van der Waals surface area contributed by atoms with Crippen LogP contribution in [0, 0.1) is 23.3 Å². The van der Waals surface area contributed by atoms with Crippen LogP contribution >= 0.6 is 0 Å². The van der Waals surface area contributed by atoms with E-state index in [4.69, 9.17) is 0 Å². The third-order valence-electron chi connectivity index (χ3n) is 2.89. The Bertz CT molecular complexity index is 778. The summed E-state index contributed by atoms with van der Waals surface area (Å²) in [5, 5.41) is 1.25. The predicted molar refractivity (Wildman–Crippen MR) is 61.3 cm³/mol. The van der Waals surface area contributed by atoms with Crippen LogP contribution in [0.5, 0.6) is 0 Å². The molecule has 18 heavy (non-hydrogen) atoms. The second-order valence-corrected chi connectivity index (χ2v) is 4.05. The van der Waals surface area contributed by atoms with Gasteiger partial charge in [0.1, 0.15) is 5.82 Å². The Hall–Kier alpha value is -2.10. The summed E-state index contributed by atoms with van der Waals surface area (Å²) in [4.78, 5) is 0. The van der Waals surface area contributed by atoms with Gasteiger partial charge in [-0.15, -0.1) is 0 Å². The lowest BCUT2D eigenvalue weighted by molar-refractivity contribution is 0.453. The summed E-state index contributed by atoms with van der Waals surface area (Å²) in [5.41, 5.74) is 0. The fourth-order valence-electron chi connectivity index (χ4n) is 2.02. The second kappa shape index (κ2) is 3.70. The van der Waals surface area contributed by atoms with E-state index in [1.165, 1.54) is 30.3 Å². The van der Waals surface area contributed by atoms with Gasteiger partial charge >= 0.3 is 0 Å². The predicted octanol–water partition coefficient (Wildman–Crippen LogP) is 4.55. The van der Waals surface area contributed by atoms with Gasteiger partial charge in [-0.05, 0) is 46.5 Å². The van der Waals surface area contributed by atoms with E-state index in [1.807, 2.05) is 0 Å². The molecule has 0 spiro atoms. The smallest absolute Gasteiger partial charge is 0.195 e. The van der Waals surface area contributed by atoms with Gasteiger partial charge in [-0.3, -0.25) is 0 Å². The lowest BCUT2D eigenvalue weighted by Gasteiger charge is -2.05. The molecule has 0 saturated carbocycles. The maximum absolute atomic E-state index is 13.6. The van der Waals surface area contributed by atoms with E-state index in [-0.39, 0.29) is 10.8 Å². The molecule has 0 nitrogen and oxygen atoms in total. The summed E-state index contributed by atoms with van der Waals surface area (Å²) in [5.74, 6) is -4.42. The van der Waals surface area contributed by atoms with Crippen molar-refractivity contribution in [3.05, 3.63) is 59.7 Å². The Morgan fingerprint density at radius 3 is 2.17 bits per heavy atom. The summed E-state index contributed by atoms with van der Waals surface area (Å²) < 4.78 is 52.8. The Morgan fingerprint density at radius 1 is 0.611 bits per heavy atom. The van der Waals surface area contributed by atoms with Crippen LogP contribution in [0.1, 0.15) is 0 Å². The summed E-state index contributed by atoms with van der Waals surface area (Å²) in [6, 6.07) is 7.66. The molecule has 90 valence electrons. The van der Waals surface area contributed by atoms with Crippen molar-refractivity contribution in [2.75, 3.05) is 0 Å². The van der Waals surface area contributed by atoms with Crippen LogP contribution < -0.4 is 0 Å². The van der Waals surface area contributed by atoms with E-state index in [0.717, 1.165) is 6.07 Å². The largest absolute Gasteiger partial charge is 0.207 e. The molecule has 0 aliphatic heterocycles. The highest BCUT2D eigenvalue weighted by atomic mass is 19.2. The average molecular weight is 250 g/mol. The molecule has 0 amide bonds. The van der Waals surface area contributed by atoms with Gasteiger partial charge in [0.05, 0.1) is 0 Å². The zero-order valence-electron chi connectivity index (χ0n) is 8.98. The lowest BCUT2D eigenvalue weighted by atomic mass is 10.0. The molecule has 3 rings (SSSR count). The minimum Gasteiger partial charge on any atom is -0.207 e. The maximum Gasteiger partial charge on any atom is 0.195 e. The zero-order chi connectivity index (χ0) is 12.9. The molecule has 0 heterocycles. The Kier molecular flexibility index (Phi) is 2.26. The second-order valence-electron chi connectivity index (χ2n) is 4.05. The zero-order valence-corrected chi connectivity index (χ0v) is 8.98. The molecule has 0 aromatic heterocycles. The number of halogens is 4. The minimum absolute atomic E-state index is 0.0204. The first kappa shape index (κ1) is 11.0. The van der Waals surface area contributed by atoms with E-state index >= 15 is 0 Å². The van der Waals surface area contributed by atoms with Crippen LogP contribution in [-0.2, 0) is 0 Å². The highest BCUT2D eigenvalue weighted by molar-refractivity contribution is 5.98. The summed E-state index contributed by atoms with van der Waals surface area (Å²) in [6.45, 7) is 0. The maximum atomic E-state index is 13.6. The topological polar surface area (TPSA) is 0 Å². The molecule has 0 N–H and O–H groups in total. The Morgan fingerprint density at radius 2 is 1.39 bits per heavy atom. The summed E-state index contributed by atoms with van der Waals surface area (Å²) in [6.07, 6.45) is 0. The molecule has 0 radical (unpaired) electrons. The van der Waals surface area contributed by atoms with E-state index in [2.05, 4.69) is 0 Å². The molecule has 0 aliphatic carbocycles. The van der Waals surface area contributed by atoms with Crippen LogP contribution in [0.4, 0.5) is 17.6 Å². The molecule has 4 heteroatoms. The molecule has 3 aromatic rings. The summed E-state index contributed by atoms with van der Waals surface area (Å²) in [7, 11) is 0. The average Bonchev–Trinajstić information content (AvgIpc) is 2.34. The fourth-order valence-corrected chi connectivity index (χ4v) is 2.02. The van der Waals surface area contributed by atoms with Crippen molar-refractivity contribution in [3.8, 4) is 0 Å². The van der Waals surface area contributed by atoms with E-state index in [0.29, 0.717) is 10.8 Å². The van der Waals surface area contributed by atoms with Crippen molar-refractivity contribution in [3.63, 3.8) is 0 Å². The van der Waals surface area contributed by atoms with Gasteiger partial charge in [-0.25, -0.2) is 17.6 Å². The number of rotatable bonds is 0. The molecule has 0 bridgehead atoms. The minimum atomic E-state index is -1.50. The third-order valence-corrected chi connectivity index (χ3v) is 2.89. The Labute approximate surface area is 99.5 Å². The van der Waals surface area contributed by atoms with Crippen molar-refractivity contribution < 1.29 is 17.6 Å². The van der Waals surface area contributed by atoms with Crippen LogP contribution in [0.3, 0.4) is 0 Å². The Balaban J connectivity index is 2.49. The van der Waals surface area contributed by atoms with Crippen LogP contribution in [0.2, 0.25) is 0 Å². The van der Waals surface area contributed by atoms with E-state index in [9.17, 15) is 17.6 Å². The first-order valence-corrected chi connectivity index (χ1v) is 5.23. The molecule has 3 aromatic carbocycles. The molecule has 0 fully saturated rings. The van der Waals surface area contributed by atoms with Crippen molar-refractivity contribution >= 4 is 21.5 Å². The van der Waals surface area contributed by atoms with Crippen molar-refractivity contribution in [1.29, 1.82) is 0 Å².